The van der Waals surface area contributed by atoms with E-state index in [-0.39, 0.29) is 42.1 Å². The van der Waals surface area contributed by atoms with Gasteiger partial charge in [0.2, 0.25) is 5.91 Å². The van der Waals surface area contributed by atoms with E-state index in [9.17, 15) is 26.4 Å². The van der Waals surface area contributed by atoms with E-state index in [4.69, 9.17) is 21.1 Å². The molecule has 2 N–H and O–H groups in total. The molecule has 0 bridgehead atoms. The molecule has 1 amide bonds. The van der Waals surface area contributed by atoms with Crippen molar-refractivity contribution in [1.29, 1.82) is 0 Å². The van der Waals surface area contributed by atoms with Crippen LogP contribution in [-0.4, -0.2) is 60.6 Å². The summed E-state index contributed by atoms with van der Waals surface area (Å²) < 4.78 is 74.3. The maximum Gasteiger partial charge on any atom is 0.416 e. The van der Waals surface area contributed by atoms with Gasteiger partial charge >= 0.3 is 6.18 Å². The first-order valence-electron chi connectivity index (χ1n) is 12.1. The van der Waals surface area contributed by atoms with Crippen LogP contribution in [0, 0.1) is 0 Å². The number of carbonyl (C=O) groups excluding carboxylic acids is 1. The quantitative estimate of drug-likeness (QED) is 0.200. The van der Waals surface area contributed by atoms with Gasteiger partial charge in [0.15, 0.2) is 15.7 Å². The van der Waals surface area contributed by atoms with Gasteiger partial charge in [0.1, 0.15) is 29.1 Å². The summed E-state index contributed by atoms with van der Waals surface area (Å²) in [6, 6.07) is 11.1. The second-order valence-corrected chi connectivity index (χ2v) is 11.4. The van der Waals surface area contributed by atoms with Crippen molar-refractivity contribution in [2.45, 2.75) is 12.7 Å². The number of benzene rings is 2. The minimum Gasteiger partial charge on any atom is -0.456 e. The second-order valence-electron chi connectivity index (χ2n) is 8.90. The summed E-state index contributed by atoms with van der Waals surface area (Å²) in [5, 5.41) is 5.83. The largest absolute Gasteiger partial charge is 0.456 e. The Hall–Kier alpha value is -3.59. The average Bonchev–Trinajstić information content (AvgIpc) is 3.30. The SMILES string of the molecule is CS(=O)(=O)CC(=O)NCCOCCn1ccc2ncnc(Nc3ccc(Oc4cccc(C(F)(F)F)c4)c(Cl)c3)c21.Cl. The highest BCUT2D eigenvalue weighted by molar-refractivity contribution is 7.91. The summed E-state index contributed by atoms with van der Waals surface area (Å²) in [6.07, 6.45) is -0.291. The van der Waals surface area contributed by atoms with Crippen molar-refractivity contribution >= 4 is 62.3 Å². The van der Waals surface area contributed by atoms with E-state index in [0.717, 1.165) is 18.4 Å². The van der Waals surface area contributed by atoms with Gasteiger partial charge in [-0.15, -0.1) is 12.4 Å². The molecule has 0 fully saturated rings. The van der Waals surface area contributed by atoms with Gasteiger partial charge in [0.25, 0.3) is 0 Å². The molecule has 0 saturated carbocycles. The van der Waals surface area contributed by atoms with Crippen LogP contribution >= 0.6 is 24.0 Å². The Labute approximate surface area is 250 Å². The molecule has 226 valence electrons. The van der Waals surface area contributed by atoms with Crippen LogP contribution in [0.15, 0.2) is 61.1 Å². The number of ether oxygens (including phenoxy) is 2. The zero-order chi connectivity index (χ0) is 29.6. The third kappa shape index (κ3) is 9.21. The number of fused-ring (bicyclic) bond motifs is 1. The Morgan fingerprint density at radius 3 is 2.60 bits per heavy atom. The molecule has 2 aromatic heterocycles. The van der Waals surface area contributed by atoms with Gasteiger partial charge in [0, 0.05) is 31.2 Å². The van der Waals surface area contributed by atoms with Crippen molar-refractivity contribution in [3.63, 3.8) is 0 Å². The lowest BCUT2D eigenvalue weighted by Crippen LogP contribution is -2.32. The molecule has 0 radical (unpaired) electrons. The molecule has 0 atom stereocenters. The first-order chi connectivity index (χ1) is 19.4. The van der Waals surface area contributed by atoms with Crippen LogP contribution in [0.3, 0.4) is 0 Å². The van der Waals surface area contributed by atoms with Gasteiger partial charge in [-0.05, 0) is 42.5 Å². The highest BCUT2D eigenvalue weighted by Crippen LogP contribution is 2.36. The molecule has 0 unspecified atom stereocenters. The lowest BCUT2D eigenvalue weighted by atomic mass is 10.2. The van der Waals surface area contributed by atoms with Crippen LogP contribution in [0.4, 0.5) is 24.7 Å². The molecule has 0 saturated heterocycles. The molecule has 4 rings (SSSR count). The summed E-state index contributed by atoms with van der Waals surface area (Å²) in [5.41, 5.74) is 1.09. The number of nitrogens with one attached hydrogen (secondary N) is 2. The summed E-state index contributed by atoms with van der Waals surface area (Å²) in [5.74, 6) is -0.505. The van der Waals surface area contributed by atoms with Crippen molar-refractivity contribution in [2.75, 3.05) is 37.1 Å². The van der Waals surface area contributed by atoms with E-state index in [1.54, 1.807) is 12.1 Å². The molecule has 0 aliphatic carbocycles. The Balaban J connectivity index is 0.00000484. The molecule has 2 heterocycles. The van der Waals surface area contributed by atoms with Crippen molar-refractivity contribution in [3.8, 4) is 11.5 Å². The van der Waals surface area contributed by atoms with Crippen LogP contribution in [0.2, 0.25) is 5.02 Å². The number of nitrogens with zero attached hydrogens (tertiary/aromatic N) is 3. The maximum atomic E-state index is 13.0. The van der Waals surface area contributed by atoms with Crippen LogP contribution in [0.1, 0.15) is 5.56 Å². The Bertz CT molecular complexity index is 1650. The third-order valence-corrected chi connectivity index (χ3v) is 6.65. The molecule has 0 aliphatic heterocycles. The van der Waals surface area contributed by atoms with Crippen molar-refractivity contribution in [3.05, 3.63) is 71.6 Å². The normalized spacial score (nSPS) is 11.6. The zero-order valence-electron chi connectivity index (χ0n) is 22.0. The fraction of sp³-hybridized carbons (Fsp3) is 0.269. The van der Waals surface area contributed by atoms with E-state index >= 15 is 0 Å². The number of alkyl halides is 3. The number of anilines is 2. The van der Waals surface area contributed by atoms with Gasteiger partial charge in [0.05, 0.1) is 29.3 Å². The standard InChI is InChI=1S/C26H25ClF3N5O5S.ClH/c1-41(37,38)15-23(36)31-8-11-39-12-10-35-9-7-21-24(35)25(33-16-32-21)34-18-5-6-22(20(27)14-18)40-19-4-2-3-17(13-19)26(28,29)30;/h2-7,9,13-14,16H,8,10-12,15H2,1H3,(H,31,36)(H,32,33,34);1H. The predicted octanol–water partition coefficient (Wildman–Crippen LogP) is 5.24. The van der Waals surface area contributed by atoms with Gasteiger partial charge in [-0.2, -0.15) is 13.2 Å². The van der Waals surface area contributed by atoms with Crippen LogP contribution < -0.4 is 15.4 Å². The Kier molecular flexibility index (Phi) is 11.0. The molecule has 0 aliphatic rings. The van der Waals surface area contributed by atoms with E-state index in [1.807, 2.05) is 16.8 Å². The molecular weight excluding hydrogens is 622 g/mol. The maximum absolute atomic E-state index is 13.0. The highest BCUT2D eigenvalue weighted by Gasteiger charge is 2.30. The number of carbonyl (C=O) groups is 1. The first-order valence-corrected chi connectivity index (χ1v) is 14.6. The number of aromatic nitrogens is 3. The number of hydrogen-bond donors (Lipinski definition) is 2. The molecule has 16 heteroatoms. The fourth-order valence-corrected chi connectivity index (χ4v) is 4.59. The summed E-state index contributed by atoms with van der Waals surface area (Å²) >= 11 is 6.37. The number of amides is 1. The first kappa shape index (κ1) is 32.9. The minimum atomic E-state index is -4.50. The molecule has 42 heavy (non-hydrogen) atoms. The summed E-state index contributed by atoms with van der Waals surface area (Å²) in [7, 11) is -3.39. The molecule has 2 aromatic carbocycles. The van der Waals surface area contributed by atoms with Gasteiger partial charge in [-0.25, -0.2) is 18.4 Å². The van der Waals surface area contributed by atoms with E-state index < -0.39 is 33.2 Å². The lowest BCUT2D eigenvalue weighted by molar-refractivity contribution is -0.137. The summed E-state index contributed by atoms with van der Waals surface area (Å²) in [6.45, 7) is 1.11. The second kappa shape index (κ2) is 14.1. The van der Waals surface area contributed by atoms with E-state index in [1.165, 1.54) is 24.5 Å². The number of sulfone groups is 1. The van der Waals surface area contributed by atoms with Crippen molar-refractivity contribution < 1.29 is 35.9 Å². The van der Waals surface area contributed by atoms with Crippen LogP contribution in [0.25, 0.3) is 11.0 Å². The van der Waals surface area contributed by atoms with E-state index in [0.29, 0.717) is 35.7 Å². The fourth-order valence-electron chi connectivity index (χ4n) is 3.79. The minimum absolute atomic E-state index is 0. The number of rotatable bonds is 12. The Morgan fingerprint density at radius 1 is 1.10 bits per heavy atom. The van der Waals surface area contributed by atoms with Gasteiger partial charge in [-0.3, -0.25) is 4.79 Å². The average molecular weight is 648 g/mol. The zero-order valence-corrected chi connectivity index (χ0v) is 24.4. The molecule has 4 aromatic rings. The molecular formula is C26H26Cl2F3N5O5S. The monoisotopic (exact) mass is 647 g/mol. The molecule has 10 nitrogen and oxygen atoms in total. The molecule has 0 spiro atoms. The van der Waals surface area contributed by atoms with E-state index in [2.05, 4.69) is 20.6 Å². The Morgan fingerprint density at radius 2 is 1.88 bits per heavy atom. The van der Waals surface area contributed by atoms with Gasteiger partial charge in [-0.1, -0.05) is 17.7 Å². The van der Waals surface area contributed by atoms with Crippen LogP contribution in [0.5, 0.6) is 11.5 Å². The van der Waals surface area contributed by atoms with Crippen molar-refractivity contribution in [2.24, 2.45) is 0 Å². The van der Waals surface area contributed by atoms with Gasteiger partial charge < -0.3 is 24.7 Å². The topological polar surface area (TPSA) is 124 Å². The number of hydrogen-bond acceptors (Lipinski definition) is 8. The smallest absolute Gasteiger partial charge is 0.416 e. The van der Waals surface area contributed by atoms with Crippen LogP contribution in [-0.2, 0) is 32.1 Å². The third-order valence-electron chi connectivity index (χ3n) is 5.57. The highest BCUT2D eigenvalue weighted by atomic mass is 35.5. The predicted molar refractivity (Wildman–Crippen MR) is 155 cm³/mol. The van der Waals surface area contributed by atoms with Crippen molar-refractivity contribution in [1.82, 2.24) is 19.9 Å². The lowest BCUT2D eigenvalue weighted by Gasteiger charge is -2.13. The summed E-state index contributed by atoms with van der Waals surface area (Å²) in [4.78, 5) is 20.2. The number of halogens is 5.